The van der Waals surface area contributed by atoms with E-state index in [2.05, 4.69) is 6.92 Å². The smallest absolute Gasteiger partial charge is 0.0683 e. The first-order valence-corrected chi connectivity index (χ1v) is 7.43. The van der Waals surface area contributed by atoms with Crippen molar-refractivity contribution in [3.8, 4) is 0 Å². The fourth-order valence-corrected chi connectivity index (χ4v) is 5.22. The van der Waals surface area contributed by atoms with Gasteiger partial charge < -0.3 is 5.11 Å². The van der Waals surface area contributed by atoms with E-state index in [1.807, 2.05) is 0 Å². The van der Waals surface area contributed by atoms with Crippen LogP contribution in [0.1, 0.15) is 64.7 Å². The summed E-state index contributed by atoms with van der Waals surface area (Å²) >= 11 is 0. The summed E-state index contributed by atoms with van der Waals surface area (Å²) in [7, 11) is 0. The minimum absolute atomic E-state index is 0.234. The van der Waals surface area contributed by atoms with Crippen molar-refractivity contribution >= 4 is 0 Å². The average Bonchev–Trinajstić information content (AvgIpc) is 2.20. The van der Waals surface area contributed by atoms with Gasteiger partial charge in [0.1, 0.15) is 0 Å². The zero-order valence-corrected chi connectivity index (χ0v) is 10.6. The highest BCUT2D eigenvalue weighted by atomic mass is 16.3. The molecule has 92 valence electrons. The summed E-state index contributed by atoms with van der Waals surface area (Å²) in [6.45, 7) is 2.27. The zero-order valence-electron chi connectivity index (χ0n) is 10.6. The molecule has 0 radical (unpaired) electrons. The summed E-state index contributed by atoms with van der Waals surface area (Å²) in [6.07, 6.45) is 11.9. The normalized spacial score (nSPS) is 49.9. The molecule has 4 aliphatic rings. The Balaban J connectivity index is 1.69. The van der Waals surface area contributed by atoms with Crippen molar-refractivity contribution < 1.29 is 5.11 Å². The second-order valence-electron chi connectivity index (χ2n) is 6.81. The number of aliphatic hydroxyl groups is 1. The van der Waals surface area contributed by atoms with Gasteiger partial charge in [-0.2, -0.15) is 0 Å². The van der Waals surface area contributed by atoms with Crippen LogP contribution < -0.4 is 0 Å². The van der Waals surface area contributed by atoms with Crippen molar-refractivity contribution in [2.75, 3.05) is 0 Å². The van der Waals surface area contributed by atoms with E-state index in [9.17, 15) is 5.11 Å². The van der Waals surface area contributed by atoms with E-state index in [0.29, 0.717) is 5.92 Å². The van der Waals surface area contributed by atoms with Crippen LogP contribution in [0.2, 0.25) is 0 Å². The highest BCUT2D eigenvalue weighted by Gasteiger charge is 2.55. The summed E-state index contributed by atoms with van der Waals surface area (Å²) < 4.78 is 0. The first-order chi connectivity index (χ1) is 7.71. The second kappa shape index (κ2) is 4.01. The molecule has 1 heteroatoms. The number of rotatable bonds is 4. The number of hydrogen-bond acceptors (Lipinski definition) is 1. The lowest BCUT2D eigenvalue weighted by molar-refractivity contribution is -0.173. The fraction of sp³-hybridized carbons (Fsp3) is 1.00. The Bertz CT molecular complexity index is 246. The largest absolute Gasteiger partial charge is 0.390 e. The summed E-state index contributed by atoms with van der Waals surface area (Å²) in [6, 6.07) is 0. The molecule has 0 unspecified atom stereocenters. The summed E-state index contributed by atoms with van der Waals surface area (Å²) in [5.41, 5.74) is -0.234. The highest BCUT2D eigenvalue weighted by Crippen LogP contribution is 2.59. The van der Waals surface area contributed by atoms with Crippen LogP contribution >= 0.6 is 0 Å². The monoisotopic (exact) mass is 222 g/mol. The van der Waals surface area contributed by atoms with E-state index >= 15 is 0 Å². The van der Waals surface area contributed by atoms with E-state index in [1.165, 1.54) is 44.9 Å². The van der Waals surface area contributed by atoms with Gasteiger partial charge >= 0.3 is 0 Å². The summed E-state index contributed by atoms with van der Waals surface area (Å²) in [5.74, 6) is 3.30. The van der Waals surface area contributed by atoms with E-state index in [-0.39, 0.29) is 5.60 Å². The van der Waals surface area contributed by atoms with Gasteiger partial charge in [0.25, 0.3) is 0 Å². The Morgan fingerprint density at radius 2 is 1.75 bits per heavy atom. The summed E-state index contributed by atoms with van der Waals surface area (Å²) in [5, 5.41) is 10.9. The molecule has 0 amide bonds. The van der Waals surface area contributed by atoms with E-state index in [0.717, 1.165) is 30.6 Å². The van der Waals surface area contributed by atoms with Gasteiger partial charge in [-0.25, -0.2) is 0 Å². The predicted molar refractivity (Wildman–Crippen MR) is 66.1 cm³/mol. The minimum atomic E-state index is -0.234. The summed E-state index contributed by atoms with van der Waals surface area (Å²) in [4.78, 5) is 0. The van der Waals surface area contributed by atoms with Crippen LogP contribution in [-0.4, -0.2) is 10.7 Å². The molecular formula is C15H26O. The van der Waals surface area contributed by atoms with Gasteiger partial charge in [0.05, 0.1) is 5.60 Å². The van der Waals surface area contributed by atoms with Gasteiger partial charge in [0.2, 0.25) is 0 Å². The van der Waals surface area contributed by atoms with Gasteiger partial charge in [-0.15, -0.1) is 0 Å². The van der Waals surface area contributed by atoms with Crippen LogP contribution in [-0.2, 0) is 0 Å². The topological polar surface area (TPSA) is 20.2 Å². The lowest BCUT2D eigenvalue weighted by Crippen LogP contribution is -2.57. The molecule has 16 heavy (non-hydrogen) atoms. The van der Waals surface area contributed by atoms with Crippen molar-refractivity contribution in [3.63, 3.8) is 0 Å². The maximum atomic E-state index is 10.9. The van der Waals surface area contributed by atoms with Crippen LogP contribution in [0.3, 0.4) is 0 Å². The fourth-order valence-electron chi connectivity index (χ4n) is 5.22. The Hall–Kier alpha value is -0.0400. The van der Waals surface area contributed by atoms with Crippen LogP contribution in [0.4, 0.5) is 0 Å². The minimum Gasteiger partial charge on any atom is -0.390 e. The second-order valence-corrected chi connectivity index (χ2v) is 6.81. The molecule has 4 aliphatic carbocycles. The van der Waals surface area contributed by atoms with E-state index < -0.39 is 0 Å². The zero-order chi connectivity index (χ0) is 11.2. The third-order valence-electron chi connectivity index (χ3n) is 5.60. The third kappa shape index (κ3) is 1.72. The standard InChI is InChI=1S/C15H26O/c1-2-3-4-5-14-13-7-11-6-12(8-13)10-15(14,16)9-11/h11-14,16H,2-10H2,1H3/t11-,12-,13?,14-,15?/m0/s1. The Morgan fingerprint density at radius 1 is 1.06 bits per heavy atom. The maximum Gasteiger partial charge on any atom is 0.0683 e. The van der Waals surface area contributed by atoms with E-state index in [1.54, 1.807) is 0 Å². The van der Waals surface area contributed by atoms with Crippen molar-refractivity contribution in [2.45, 2.75) is 70.3 Å². The Kier molecular flexibility index (Phi) is 2.78. The maximum absolute atomic E-state index is 10.9. The quantitative estimate of drug-likeness (QED) is 0.718. The molecule has 0 heterocycles. The molecular weight excluding hydrogens is 196 g/mol. The average molecular weight is 222 g/mol. The molecule has 0 spiro atoms. The Labute approximate surface area is 99.6 Å². The molecule has 1 nitrogen and oxygen atoms in total. The van der Waals surface area contributed by atoms with Gasteiger partial charge in [0.15, 0.2) is 0 Å². The molecule has 0 aromatic rings. The predicted octanol–water partition coefficient (Wildman–Crippen LogP) is 3.75. The molecule has 4 bridgehead atoms. The van der Waals surface area contributed by atoms with Gasteiger partial charge in [-0.05, 0) is 62.2 Å². The van der Waals surface area contributed by atoms with Crippen LogP contribution in [0.15, 0.2) is 0 Å². The van der Waals surface area contributed by atoms with Crippen molar-refractivity contribution in [3.05, 3.63) is 0 Å². The highest BCUT2D eigenvalue weighted by molar-refractivity contribution is 5.06. The van der Waals surface area contributed by atoms with Crippen LogP contribution in [0.25, 0.3) is 0 Å². The molecule has 4 fully saturated rings. The molecule has 4 rings (SSSR count). The van der Waals surface area contributed by atoms with Crippen LogP contribution in [0, 0.1) is 23.7 Å². The third-order valence-corrected chi connectivity index (χ3v) is 5.60. The van der Waals surface area contributed by atoms with Gasteiger partial charge in [0, 0.05) is 0 Å². The Morgan fingerprint density at radius 3 is 2.31 bits per heavy atom. The lowest BCUT2D eigenvalue weighted by atomic mass is 9.49. The van der Waals surface area contributed by atoms with Crippen LogP contribution in [0.5, 0.6) is 0 Å². The van der Waals surface area contributed by atoms with Crippen molar-refractivity contribution in [1.82, 2.24) is 0 Å². The van der Waals surface area contributed by atoms with Crippen molar-refractivity contribution in [2.24, 2.45) is 23.7 Å². The number of hydrogen-bond donors (Lipinski definition) is 1. The number of unbranched alkanes of at least 4 members (excludes halogenated alkanes) is 2. The SMILES string of the molecule is CCCCC[C@H]1C2C[C@@H]3C[C@@H](C2)CC1(O)C3. The lowest BCUT2D eigenvalue weighted by Gasteiger charge is -2.59. The first-order valence-electron chi connectivity index (χ1n) is 7.43. The van der Waals surface area contributed by atoms with Crippen molar-refractivity contribution in [1.29, 1.82) is 0 Å². The molecule has 0 aromatic heterocycles. The molecule has 0 saturated heterocycles. The first kappa shape index (κ1) is 11.1. The molecule has 0 aliphatic heterocycles. The van der Waals surface area contributed by atoms with E-state index in [4.69, 9.17) is 0 Å². The molecule has 4 saturated carbocycles. The van der Waals surface area contributed by atoms with Gasteiger partial charge in [-0.3, -0.25) is 0 Å². The molecule has 1 N–H and O–H groups in total. The van der Waals surface area contributed by atoms with Gasteiger partial charge in [-0.1, -0.05) is 26.2 Å². The molecule has 0 aromatic carbocycles. The molecule has 3 atom stereocenters.